The van der Waals surface area contributed by atoms with Gasteiger partial charge in [0.2, 0.25) is 0 Å². The van der Waals surface area contributed by atoms with Crippen LogP contribution in [0.2, 0.25) is 0 Å². The number of nitrogens with one attached hydrogen (secondary N) is 1. The summed E-state index contributed by atoms with van der Waals surface area (Å²) in [5, 5.41) is 2.27. The molecule has 0 spiro atoms. The van der Waals surface area contributed by atoms with Gasteiger partial charge in [0, 0.05) is 11.9 Å². The second kappa shape index (κ2) is 6.11. The van der Waals surface area contributed by atoms with Crippen LogP contribution >= 0.6 is 11.3 Å². The number of anilines is 1. The molecule has 21 heavy (non-hydrogen) atoms. The fourth-order valence-corrected chi connectivity index (χ4v) is 3.01. The number of ether oxygens (including phenoxy) is 1. The topological polar surface area (TPSA) is 80.5 Å². The lowest BCUT2D eigenvalue weighted by molar-refractivity contribution is 0.0953. The summed E-state index contributed by atoms with van der Waals surface area (Å²) >= 11 is 1.30. The Morgan fingerprint density at radius 3 is 3.19 bits per heavy atom. The number of aromatic nitrogens is 1. The van der Waals surface area contributed by atoms with E-state index in [-0.39, 0.29) is 5.91 Å². The van der Waals surface area contributed by atoms with E-state index in [9.17, 15) is 4.79 Å². The molecule has 7 heteroatoms. The maximum Gasteiger partial charge on any atom is 0.294 e. The molecule has 0 saturated carbocycles. The molecule has 3 N–H and O–H groups in total. The van der Waals surface area contributed by atoms with Crippen molar-refractivity contribution < 1.29 is 9.53 Å². The molecule has 0 atom stereocenters. The number of para-hydroxylation sites is 2. The number of benzene rings is 1. The molecule has 3 rings (SSSR count). The Morgan fingerprint density at radius 1 is 1.48 bits per heavy atom. The molecular formula is C14H16N4O2S. The van der Waals surface area contributed by atoms with Crippen molar-refractivity contribution >= 4 is 22.9 Å². The van der Waals surface area contributed by atoms with Crippen LogP contribution in [-0.2, 0) is 6.54 Å². The number of nitrogens with two attached hydrogens (primary N) is 1. The Bertz CT molecular complexity index is 643. The van der Waals surface area contributed by atoms with Gasteiger partial charge in [-0.05, 0) is 18.6 Å². The van der Waals surface area contributed by atoms with Crippen molar-refractivity contribution in [3.05, 3.63) is 40.3 Å². The lowest BCUT2D eigenvalue weighted by atomic mass is 10.2. The summed E-state index contributed by atoms with van der Waals surface area (Å²) in [7, 11) is 0. The smallest absolute Gasteiger partial charge is 0.294 e. The summed E-state index contributed by atoms with van der Waals surface area (Å²) < 4.78 is 5.74. The zero-order valence-electron chi connectivity index (χ0n) is 11.4. The number of fused-ring (bicyclic) bond motifs is 1. The fourth-order valence-electron chi connectivity index (χ4n) is 2.30. The third-order valence-electron chi connectivity index (χ3n) is 3.27. The van der Waals surface area contributed by atoms with Gasteiger partial charge in [0.1, 0.15) is 5.75 Å². The van der Waals surface area contributed by atoms with Gasteiger partial charge in [0.05, 0.1) is 24.5 Å². The molecule has 0 unspecified atom stereocenters. The molecular weight excluding hydrogens is 288 g/mol. The molecule has 6 nitrogen and oxygen atoms in total. The number of nitrogens with zero attached hydrogens (tertiary/aromatic N) is 2. The highest BCUT2D eigenvalue weighted by Crippen LogP contribution is 2.31. The van der Waals surface area contributed by atoms with Gasteiger partial charge in [-0.2, -0.15) is 0 Å². The summed E-state index contributed by atoms with van der Waals surface area (Å²) in [6.07, 6.45) is 0.953. The standard InChI is InChI=1S/C14H16N4O2S/c15-17-13(19)14-16-10(9-21-14)8-18-6-3-7-20-12-5-2-1-4-11(12)18/h1-2,4-5,9H,3,6-8,15H2,(H,17,19). The number of hydrazine groups is 1. The Kier molecular flexibility index (Phi) is 4.03. The van der Waals surface area contributed by atoms with Crippen molar-refractivity contribution in [2.24, 2.45) is 5.84 Å². The van der Waals surface area contributed by atoms with Crippen LogP contribution in [0.1, 0.15) is 21.9 Å². The first-order valence-corrected chi connectivity index (χ1v) is 7.58. The van der Waals surface area contributed by atoms with Crippen molar-refractivity contribution in [1.82, 2.24) is 10.4 Å². The first kappa shape index (κ1) is 13.8. The predicted octanol–water partition coefficient (Wildman–Crippen LogP) is 1.54. The zero-order chi connectivity index (χ0) is 14.7. The van der Waals surface area contributed by atoms with Crippen LogP contribution in [0.5, 0.6) is 5.75 Å². The minimum atomic E-state index is -0.356. The van der Waals surface area contributed by atoms with Gasteiger partial charge >= 0.3 is 0 Å². The lowest BCUT2D eigenvalue weighted by Gasteiger charge is -2.22. The Hall–Kier alpha value is -2.12. The molecule has 1 aliphatic heterocycles. The van der Waals surface area contributed by atoms with Gasteiger partial charge in [-0.25, -0.2) is 10.8 Å². The fraction of sp³-hybridized carbons (Fsp3) is 0.286. The van der Waals surface area contributed by atoms with Crippen LogP contribution in [0, 0.1) is 0 Å². The van der Waals surface area contributed by atoms with Crippen molar-refractivity contribution in [3.8, 4) is 5.75 Å². The highest BCUT2D eigenvalue weighted by Gasteiger charge is 2.18. The summed E-state index contributed by atoms with van der Waals surface area (Å²) in [4.78, 5) is 18.0. The van der Waals surface area contributed by atoms with Gasteiger partial charge in [0.25, 0.3) is 5.91 Å². The third kappa shape index (κ3) is 2.98. The molecule has 0 fully saturated rings. The van der Waals surface area contributed by atoms with Gasteiger partial charge < -0.3 is 9.64 Å². The SMILES string of the molecule is NNC(=O)c1nc(CN2CCCOc3ccccc32)cs1. The molecule has 2 aromatic rings. The molecule has 0 saturated heterocycles. The van der Waals surface area contributed by atoms with Crippen LogP contribution in [0.4, 0.5) is 5.69 Å². The average Bonchev–Trinajstić information content (AvgIpc) is 2.89. The van der Waals surface area contributed by atoms with E-state index in [4.69, 9.17) is 10.6 Å². The van der Waals surface area contributed by atoms with E-state index in [2.05, 4.69) is 15.3 Å². The van der Waals surface area contributed by atoms with Crippen LogP contribution < -0.4 is 20.9 Å². The van der Waals surface area contributed by atoms with Crippen LogP contribution in [0.3, 0.4) is 0 Å². The molecule has 0 bridgehead atoms. The molecule has 2 heterocycles. The number of nitrogen functional groups attached to an aromatic ring is 1. The number of amides is 1. The Labute approximate surface area is 126 Å². The molecule has 110 valence electrons. The minimum absolute atomic E-state index is 0.356. The predicted molar refractivity (Wildman–Crippen MR) is 81.4 cm³/mol. The Morgan fingerprint density at radius 2 is 2.33 bits per heavy atom. The van der Waals surface area contributed by atoms with Crippen molar-refractivity contribution in [2.75, 3.05) is 18.1 Å². The second-order valence-electron chi connectivity index (χ2n) is 4.71. The average molecular weight is 304 g/mol. The van der Waals surface area contributed by atoms with Crippen LogP contribution in [0.25, 0.3) is 0 Å². The monoisotopic (exact) mass is 304 g/mol. The summed E-state index contributed by atoms with van der Waals surface area (Å²) in [5.41, 5.74) is 4.02. The summed E-state index contributed by atoms with van der Waals surface area (Å²) in [6.45, 7) is 2.26. The number of hydrogen-bond donors (Lipinski definition) is 2. The molecule has 1 aromatic carbocycles. The van der Waals surface area contributed by atoms with E-state index in [0.29, 0.717) is 18.2 Å². The van der Waals surface area contributed by atoms with E-state index in [1.165, 1.54) is 11.3 Å². The third-order valence-corrected chi connectivity index (χ3v) is 4.16. The normalized spacial score (nSPS) is 14.0. The van der Waals surface area contributed by atoms with E-state index in [0.717, 1.165) is 30.1 Å². The van der Waals surface area contributed by atoms with E-state index in [1.54, 1.807) is 0 Å². The quantitative estimate of drug-likeness (QED) is 0.511. The van der Waals surface area contributed by atoms with Crippen molar-refractivity contribution in [2.45, 2.75) is 13.0 Å². The van der Waals surface area contributed by atoms with Gasteiger partial charge in [0.15, 0.2) is 5.01 Å². The van der Waals surface area contributed by atoms with Crippen LogP contribution in [0.15, 0.2) is 29.6 Å². The highest BCUT2D eigenvalue weighted by atomic mass is 32.1. The molecule has 0 radical (unpaired) electrons. The first-order chi connectivity index (χ1) is 10.3. The molecule has 1 aliphatic rings. The largest absolute Gasteiger partial charge is 0.491 e. The second-order valence-corrected chi connectivity index (χ2v) is 5.57. The van der Waals surface area contributed by atoms with Crippen molar-refractivity contribution in [1.29, 1.82) is 0 Å². The van der Waals surface area contributed by atoms with Crippen LogP contribution in [-0.4, -0.2) is 24.0 Å². The number of rotatable bonds is 3. The first-order valence-electron chi connectivity index (χ1n) is 6.70. The number of hydrogen-bond acceptors (Lipinski definition) is 6. The molecule has 0 aliphatic carbocycles. The minimum Gasteiger partial charge on any atom is -0.491 e. The number of carbonyl (C=O) groups is 1. The maximum atomic E-state index is 11.5. The van der Waals surface area contributed by atoms with Gasteiger partial charge in [-0.3, -0.25) is 10.2 Å². The Balaban J connectivity index is 1.81. The summed E-state index contributed by atoms with van der Waals surface area (Å²) in [5.74, 6) is 5.66. The van der Waals surface area contributed by atoms with E-state index in [1.807, 2.05) is 29.6 Å². The zero-order valence-corrected chi connectivity index (χ0v) is 12.2. The van der Waals surface area contributed by atoms with Gasteiger partial charge in [-0.1, -0.05) is 12.1 Å². The lowest BCUT2D eigenvalue weighted by Crippen LogP contribution is -2.30. The van der Waals surface area contributed by atoms with Crippen molar-refractivity contribution in [3.63, 3.8) is 0 Å². The van der Waals surface area contributed by atoms with Gasteiger partial charge in [-0.15, -0.1) is 11.3 Å². The highest BCUT2D eigenvalue weighted by molar-refractivity contribution is 7.11. The van der Waals surface area contributed by atoms with E-state index < -0.39 is 0 Å². The number of carbonyl (C=O) groups excluding carboxylic acids is 1. The number of thiazole rings is 1. The maximum absolute atomic E-state index is 11.5. The molecule has 1 aromatic heterocycles. The molecule has 1 amide bonds. The van der Waals surface area contributed by atoms with E-state index >= 15 is 0 Å². The summed E-state index contributed by atoms with van der Waals surface area (Å²) in [6, 6.07) is 7.98.